The van der Waals surface area contributed by atoms with Gasteiger partial charge in [-0.2, -0.15) is 0 Å². The zero-order chi connectivity index (χ0) is 4.99. The number of aliphatic hydroxyl groups is 2. The van der Waals surface area contributed by atoms with Gasteiger partial charge < -0.3 is 10.2 Å². The maximum atomic E-state index is 8.10. The van der Waals surface area contributed by atoms with Crippen LogP contribution in [0.5, 0.6) is 0 Å². The first kappa shape index (κ1) is 5.88. The topological polar surface area (TPSA) is 40.5 Å². The lowest BCUT2D eigenvalue weighted by atomic mass is 11.3. The molecule has 0 saturated carbocycles. The normalized spacial score (nSPS) is 11.2. The molecule has 0 atom stereocenters. The van der Waals surface area contributed by atoms with Crippen LogP contribution in [0.3, 0.4) is 0 Å². The maximum absolute atomic E-state index is 8.10. The number of aliphatic hydroxyl groups excluding tert-OH is 1. The van der Waals surface area contributed by atoms with E-state index in [1.165, 1.54) is 0 Å². The molecule has 36 valence electrons. The molecule has 0 aliphatic heterocycles. The Morgan fingerprint density at radius 1 is 1.67 bits per heavy atom. The van der Waals surface area contributed by atoms with Gasteiger partial charge in [-0.05, 0) is 0 Å². The zero-order valence-corrected chi connectivity index (χ0v) is 4.88. The minimum atomic E-state index is -1.08. The van der Waals surface area contributed by atoms with Gasteiger partial charge in [0, 0.05) is 0 Å². The highest BCUT2D eigenvalue weighted by molar-refractivity contribution is 6.42. The van der Waals surface area contributed by atoms with Crippen molar-refractivity contribution in [1.82, 2.24) is 0 Å². The van der Waals surface area contributed by atoms with Crippen molar-refractivity contribution in [2.75, 3.05) is 0 Å². The Morgan fingerprint density at radius 2 is 2.17 bits per heavy atom. The first-order valence-corrected chi connectivity index (χ1v) is 3.37. The predicted molar refractivity (Wildman–Crippen MR) is 27.0 cm³/mol. The second-order valence-electron chi connectivity index (χ2n) is 1.00. The lowest BCUT2D eigenvalue weighted by Crippen LogP contribution is -2.11. The first-order chi connectivity index (χ1) is 2.77. The zero-order valence-electron chi connectivity index (χ0n) is 3.46. The summed E-state index contributed by atoms with van der Waals surface area (Å²) in [5.41, 5.74) is 1.59. The molecule has 0 fully saturated rings. The number of rotatable bonds is 2. The summed E-state index contributed by atoms with van der Waals surface area (Å²) in [6.07, 6.45) is 0. The third-order valence-electron chi connectivity index (χ3n) is 0.377. The molecule has 0 bridgehead atoms. The van der Waals surface area contributed by atoms with Gasteiger partial charge in [0.15, 0.2) is 0 Å². The molecule has 0 aromatic heterocycles. The summed E-state index contributed by atoms with van der Waals surface area (Å²) in [6, 6.07) is 0. The summed E-state index contributed by atoms with van der Waals surface area (Å²) < 4.78 is 0. The van der Waals surface area contributed by atoms with Crippen molar-refractivity contribution in [3.8, 4) is 0 Å². The van der Waals surface area contributed by atoms with E-state index in [0.717, 1.165) is 0 Å². The van der Waals surface area contributed by atoms with Crippen LogP contribution in [0.4, 0.5) is 0 Å². The monoisotopic (exact) mass is 104 g/mol. The van der Waals surface area contributed by atoms with E-state index in [9.17, 15) is 0 Å². The fourth-order valence-corrected chi connectivity index (χ4v) is 0.447. The SMILES string of the molecule is C=C[SiH2]C(O)O. The minimum absolute atomic E-state index is 0.769. The highest BCUT2D eigenvalue weighted by atomic mass is 28.2. The Balaban J connectivity index is 2.81. The molecule has 0 aromatic carbocycles. The smallest absolute Gasteiger partial charge is 0.132 e. The lowest BCUT2D eigenvalue weighted by molar-refractivity contribution is 0.0303. The number of hydrogen-bond acceptors (Lipinski definition) is 2. The van der Waals surface area contributed by atoms with Crippen LogP contribution >= 0.6 is 0 Å². The molecule has 0 aliphatic carbocycles. The van der Waals surface area contributed by atoms with Crippen molar-refractivity contribution in [1.29, 1.82) is 0 Å². The van der Waals surface area contributed by atoms with Crippen molar-refractivity contribution in [3.05, 3.63) is 12.3 Å². The third-order valence-corrected chi connectivity index (χ3v) is 1.13. The third kappa shape index (κ3) is 3.88. The summed E-state index contributed by atoms with van der Waals surface area (Å²) in [5.74, 6) is -1.08. The van der Waals surface area contributed by atoms with Crippen molar-refractivity contribution in [3.63, 3.8) is 0 Å². The summed E-state index contributed by atoms with van der Waals surface area (Å²) in [7, 11) is -0.769. The fraction of sp³-hybridized carbons (Fsp3) is 0.333. The van der Waals surface area contributed by atoms with Gasteiger partial charge in [-0.25, -0.2) is 0 Å². The van der Waals surface area contributed by atoms with Gasteiger partial charge in [0.25, 0.3) is 0 Å². The van der Waals surface area contributed by atoms with Gasteiger partial charge in [-0.15, -0.1) is 12.3 Å². The van der Waals surface area contributed by atoms with E-state index < -0.39 is 15.4 Å². The summed E-state index contributed by atoms with van der Waals surface area (Å²) in [4.78, 5) is 0. The van der Waals surface area contributed by atoms with Crippen LogP contribution in [-0.4, -0.2) is 25.6 Å². The van der Waals surface area contributed by atoms with Gasteiger partial charge in [-0.1, -0.05) is 0 Å². The average Bonchev–Trinajstić information content (AvgIpc) is 1.35. The predicted octanol–water partition coefficient (Wildman–Crippen LogP) is -1.43. The van der Waals surface area contributed by atoms with Crippen molar-refractivity contribution in [2.45, 2.75) is 5.91 Å². The van der Waals surface area contributed by atoms with Gasteiger partial charge in [0.2, 0.25) is 0 Å². The van der Waals surface area contributed by atoms with E-state index in [-0.39, 0.29) is 0 Å². The molecule has 2 N–H and O–H groups in total. The molecule has 0 unspecified atom stereocenters. The van der Waals surface area contributed by atoms with Crippen LogP contribution in [0.1, 0.15) is 0 Å². The van der Waals surface area contributed by atoms with E-state index in [1.54, 1.807) is 5.70 Å². The van der Waals surface area contributed by atoms with Gasteiger partial charge in [0.05, 0.1) is 0 Å². The summed E-state index contributed by atoms with van der Waals surface area (Å²) >= 11 is 0. The molecular weight excluding hydrogens is 96.1 g/mol. The molecule has 2 nitrogen and oxygen atoms in total. The van der Waals surface area contributed by atoms with Crippen LogP contribution in [0.2, 0.25) is 0 Å². The standard InChI is InChI=1S/C3H8O2Si/c1-2-6-3(4)5/h2-5H,1,6H2. The van der Waals surface area contributed by atoms with E-state index in [0.29, 0.717) is 0 Å². The van der Waals surface area contributed by atoms with Crippen molar-refractivity contribution < 1.29 is 10.2 Å². The van der Waals surface area contributed by atoms with Crippen LogP contribution in [0.25, 0.3) is 0 Å². The molecule has 6 heavy (non-hydrogen) atoms. The Kier molecular flexibility index (Phi) is 3.02. The highest BCUT2D eigenvalue weighted by Gasteiger charge is 1.87. The van der Waals surface area contributed by atoms with Crippen LogP contribution in [0.15, 0.2) is 12.3 Å². The van der Waals surface area contributed by atoms with E-state index in [4.69, 9.17) is 10.2 Å². The Hall–Kier alpha value is -0.123. The maximum Gasteiger partial charge on any atom is 0.132 e. The van der Waals surface area contributed by atoms with E-state index in [1.807, 2.05) is 0 Å². The Labute approximate surface area is 38.9 Å². The second kappa shape index (κ2) is 3.08. The molecule has 0 radical (unpaired) electrons. The molecule has 0 amide bonds. The van der Waals surface area contributed by atoms with Crippen LogP contribution < -0.4 is 0 Å². The number of hydrogen-bond donors (Lipinski definition) is 2. The molecule has 0 heterocycles. The second-order valence-corrected chi connectivity index (χ2v) is 2.78. The fourth-order valence-electron chi connectivity index (χ4n) is 0.149. The molecule has 0 aliphatic rings. The van der Waals surface area contributed by atoms with Crippen LogP contribution in [-0.2, 0) is 0 Å². The van der Waals surface area contributed by atoms with Gasteiger partial charge >= 0.3 is 0 Å². The van der Waals surface area contributed by atoms with E-state index in [2.05, 4.69) is 6.58 Å². The average molecular weight is 104 g/mol. The lowest BCUT2D eigenvalue weighted by Gasteiger charge is -1.90. The molecule has 0 rings (SSSR count). The molecular formula is C3H8O2Si. The van der Waals surface area contributed by atoms with Gasteiger partial charge in [0.1, 0.15) is 15.4 Å². The Bertz CT molecular complexity index is 44.1. The molecule has 3 heteroatoms. The molecule has 0 saturated heterocycles. The van der Waals surface area contributed by atoms with Crippen molar-refractivity contribution >= 4 is 9.52 Å². The van der Waals surface area contributed by atoms with E-state index >= 15 is 0 Å². The minimum Gasteiger partial charge on any atom is -0.372 e. The first-order valence-electron chi connectivity index (χ1n) is 1.74. The molecule has 0 spiro atoms. The summed E-state index contributed by atoms with van der Waals surface area (Å²) in [6.45, 7) is 3.34. The van der Waals surface area contributed by atoms with Gasteiger partial charge in [-0.3, -0.25) is 0 Å². The Morgan fingerprint density at radius 3 is 2.17 bits per heavy atom. The van der Waals surface area contributed by atoms with Crippen LogP contribution in [0, 0.1) is 0 Å². The highest BCUT2D eigenvalue weighted by Crippen LogP contribution is 1.66. The summed E-state index contributed by atoms with van der Waals surface area (Å²) in [5, 5.41) is 16.2. The molecule has 0 aromatic rings. The largest absolute Gasteiger partial charge is 0.372 e. The quantitative estimate of drug-likeness (QED) is 0.333. The van der Waals surface area contributed by atoms with Crippen molar-refractivity contribution in [2.24, 2.45) is 0 Å².